The van der Waals surface area contributed by atoms with E-state index in [9.17, 15) is 4.79 Å². The van der Waals surface area contributed by atoms with E-state index in [1.807, 2.05) is 18.2 Å². The van der Waals surface area contributed by atoms with Crippen LogP contribution in [0.5, 0.6) is 5.75 Å². The second-order valence-corrected chi connectivity index (χ2v) is 4.48. The fourth-order valence-corrected chi connectivity index (χ4v) is 1.74. The van der Waals surface area contributed by atoms with Crippen molar-refractivity contribution in [3.63, 3.8) is 0 Å². The Hall–Kier alpha value is -1.81. The van der Waals surface area contributed by atoms with E-state index in [1.54, 1.807) is 19.1 Å². The molecule has 1 aliphatic heterocycles. The molecule has 4 heteroatoms. The maximum atomic E-state index is 11.8. The highest BCUT2D eigenvalue weighted by Crippen LogP contribution is 2.13. The summed E-state index contributed by atoms with van der Waals surface area (Å²) in [5.74, 6) is 0.129. The van der Waals surface area contributed by atoms with Gasteiger partial charge in [-0.05, 0) is 31.9 Å². The van der Waals surface area contributed by atoms with Crippen LogP contribution in [0.3, 0.4) is 0 Å². The summed E-state index contributed by atoms with van der Waals surface area (Å²) in [5, 5.41) is 0. The van der Waals surface area contributed by atoms with Crippen LogP contribution >= 0.6 is 0 Å². The molecule has 0 aliphatic carbocycles. The second kappa shape index (κ2) is 6.95. The van der Waals surface area contributed by atoms with Crippen LogP contribution in [0.4, 0.5) is 0 Å². The highest BCUT2D eigenvalue weighted by atomic mass is 16.5. The molecular formula is C15H18O4. The average Bonchev–Trinajstić information content (AvgIpc) is 2.47. The zero-order valence-corrected chi connectivity index (χ0v) is 11.0. The Labute approximate surface area is 113 Å². The van der Waals surface area contributed by atoms with Gasteiger partial charge in [-0.1, -0.05) is 18.2 Å². The highest BCUT2D eigenvalue weighted by Gasteiger charge is 2.15. The monoisotopic (exact) mass is 262 g/mol. The van der Waals surface area contributed by atoms with Gasteiger partial charge in [0.2, 0.25) is 0 Å². The predicted molar refractivity (Wildman–Crippen MR) is 70.8 cm³/mol. The number of ether oxygens (including phenoxy) is 3. The molecule has 1 fully saturated rings. The van der Waals surface area contributed by atoms with E-state index in [0.29, 0.717) is 17.9 Å². The molecule has 0 bridgehead atoms. The average molecular weight is 262 g/mol. The molecule has 4 nitrogen and oxygen atoms in total. The van der Waals surface area contributed by atoms with Gasteiger partial charge in [-0.3, -0.25) is 0 Å². The van der Waals surface area contributed by atoms with Crippen molar-refractivity contribution in [2.24, 2.45) is 0 Å². The molecule has 0 radical (unpaired) electrons. The molecule has 0 spiro atoms. The van der Waals surface area contributed by atoms with Crippen molar-refractivity contribution in [2.45, 2.75) is 25.9 Å². The van der Waals surface area contributed by atoms with Crippen LogP contribution in [0.1, 0.15) is 19.8 Å². The first-order valence-electron chi connectivity index (χ1n) is 6.43. The molecule has 0 N–H and O–H groups in total. The first-order valence-corrected chi connectivity index (χ1v) is 6.43. The van der Waals surface area contributed by atoms with E-state index < -0.39 is 5.97 Å². The summed E-state index contributed by atoms with van der Waals surface area (Å²) in [4.78, 5) is 11.8. The lowest BCUT2D eigenvalue weighted by atomic mass is 10.2. The highest BCUT2D eigenvalue weighted by molar-refractivity contribution is 5.89. The topological polar surface area (TPSA) is 44.8 Å². The van der Waals surface area contributed by atoms with E-state index in [2.05, 4.69) is 0 Å². The minimum atomic E-state index is -0.400. The zero-order chi connectivity index (χ0) is 13.5. The van der Waals surface area contributed by atoms with Crippen LogP contribution in [0.15, 0.2) is 42.2 Å². The molecule has 1 atom stereocenters. The van der Waals surface area contributed by atoms with Gasteiger partial charge in [0.05, 0.1) is 18.4 Å². The first-order chi connectivity index (χ1) is 9.25. The van der Waals surface area contributed by atoms with Crippen LogP contribution in [0, 0.1) is 0 Å². The smallest absolute Gasteiger partial charge is 0.342 e. The van der Waals surface area contributed by atoms with Gasteiger partial charge in [0, 0.05) is 6.61 Å². The molecule has 0 aromatic heterocycles. The van der Waals surface area contributed by atoms with Gasteiger partial charge in [-0.15, -0.1) is 0 Å². The summed E-state index contributed by atoms with van der Waals surface area (Å²) >= 11 is 0. The van der Waals surface area contributed by atoms with Gasteiger partial charge in [-0.2, -0.15) is 0 Å². The third-order valence-electron chi connectivity index (χ3n) is 2.83. The van der Waals surface area contributed by atoms with Crippen molar-refractivity contribution < 1.29 is 19.0 Å². The SMILES string of the molecule is CC(=COC1CCCOC1)C(=O)Oc1ccccc1. The van der Waals surface area contributed by atoms with Crippen molar-refractivity contribution in [3.05, 3.63) is 42.2 Å². The van der Waals surface area contributed by atoms with Crippen LogP contribution < -0.4 is 4.74 Å². The molecule has 0 amide bonds. The van der Waals surface area contributed by atoms with Crippen molar-refractivity contribution in [1.82, 2.24) is 0 Å². The minimum absolute atomic E-state index is 0.0354. The van der Waals surface area contributed by atoms with Gasteiger partial charge >= 0.3 is 5.97 Å². The largest absolute Gasteiger partial charge is 0.495 e. The van der Waals surface area contributed by atoms with Crippen molar-refractivity contribution in [2.75, 3.05) is 13.2 Å². The Balaban J connectivity index is 1.84. The normalized spacial score (nSPS) is 19.8. The van der Waals surface area contributed by atoms with Crippen LogP contribution in [0.2, 0.25) is 0 Å². The Kier molecular flexibility index (Phi) is 4.98. The molecule has 1 unspecified atom stereocenters. The van der Waals surface area contributed by atoms with Gasteiger partial charge < -0.3 is 14.2 Å². The Morgan fingerprint density at radius 2 is 2.16 bits per heavy atom. The van der Waals surface area contributed by atoms with Gasteiger partial charge in [0.15, 0.2) is 0 Å². The molecule has 1 aromatic carbocycles. The number of hydrogen-bond donors (Lipinski definition) is 0. The van der Waals surface area contributed by atoms with Crippen molar-refractivity contribution in [3.8, 4) is 5.75 Å². The molecule has 19 heavy (non-hydrogen) atoms. The number of carbonyl (C=O) groups excluding carboxylic acids is 1. The number of esters is 1. The molecule has 1 heterocycles. The third kappa shape index (κ3) is 4.41. The summed E-state index contributed by atoms with van der Waals surface area (Å²) in [7, 11) is 0. The molecular weight excluding hydrogens is 244 g/mol. The standard InChI is InChI=1S/C15H18O4/c1-12(10-18-14-8-5-9-17-11-14)15(16)19-13-6-3-2-4-7-13/h2-4,6-7,10,14H,5,8-9,11H2,1H3. The summed E-state index contributed by atoms with van der Waals surface area (Å²) in [6.07, 6.45) is 3.45. The summed E-state index contributed by atoms with van der Waals surface area (Å²) in [5.41, 5.74) is 0.439. The molecule has 102 valence electrons. The Bertz CT molecular complexity index is 433. The summed E-state index contributed by atoms with van der Waals surface area (Å²) < 4.78 is 16.0. The maximum absolute atomic E-state index is 11.8. The molecule has 0 saturated carbocycles. The molecule has 1 aliphatic rings. The third-order valence-corrected chi connectivity index (χ3v) is 2.83. The Morgan fingerprint density at radius 3 is 2.84 bits per heavy atom. The first kappa shape index (κ1) is 13.6. The van der Waals surface area contributed by atoms with E-state index in [-0.39, 0.29) is 6.10 Å². The van der Waals surface area contributed by atoms with Gasteiger partial charge in [-0.25, -0.2) is 4.79 Å². The van der Waals surface area contributed by atoms with Gasteiger partial charge in [0.25, 0.3) is 0 Å². The predicted octanol–water partition coefficient (Wildman–Crippen LogP) is 2.69. The maximum Gasteiger partial charge on any atom is 0.342 e. The molecule has 1 saturated heterocycles. The van der Waals surface area contributed by atoms with E-state index in [0.717, 1.165) is 19.4 Å². The van der Waals surface area contributed by atoms with Crippen LogP contribution in [-0.4, -0.2) is 25.3 Å². The fraction of sp³-hybridized carbons (Fsp3) is 0.400. The minimum Gasteiger partial charge on any atom is -0.495 e. The van der Waals surface area contributed by atoms with E-state index in [4.69, 9.17) is 14.2 Å². The number of hydrogen-bond acceptors (Lipinski definition) is 4. The second-order valence-electron chi connectivity index (χ2n) is 4.48. The lowest BCUT2D eigenvalue weighted by Gasteiger charge is -2.21. The Morgan fingerprint density at radius 1 is 1.37 bits per heavy atom. The van der Waals surface area contributed by atoms with Crippen LogP contribution in [-0.2, 0) is 14.3 Å². The van der Waals surface area contributed by atoms with Crippen LogP contribution in [0.25, 0.3) is 0 Å². The number of rotatable bonds is 4. The fourth-order valence-electron chi connectivity index (χ4n) is 1.74. The van der Waals surface area contributed by atoms with E-state index in [1.165, 1.54) is 6.26 Å². The number of carbonyl (C=O) groups is 1. The summed E-state index contributed by atoms with van der Waals surface area (Å²) in [6, 6.07) is 8.98. The lowest BCUT2D eigenvalue weighted by Crippen LogP contribution is -2.24. The lowest BCUT2D eigenvalue weighted by molar-refractivity contribution is -0.130. The molecule has 1 aromatic rings. The zero-order valence-electron chi connectivity index (χ0n) is 11.0. The van der Waals surface area contributed by atoms with E-state index >= 15 is 0 Å². The quantitative estimate of drug-likeness (QED) is 0.362. The van der Waals surface area contributed by atoms with Gasteiger partial charge in [0.1, 0.15) is 11.9 Å². The number of para-hydroxylation sites is 1. The summed E-state index contributed by atoms with van der Waals surface area (Å²) in [6.45, 7) is 3.05. The van der Waals surface area contributed by atoms with Crippen molar-refractivity contribution >= 4 is 5.97 Å². The van der Waals surface area contributed by atoms with Crippen molar-refractivity contribution in [1.29, 1.82) is 0 Å². The number of benzene rings is 1. The molecule has 2 rings (SSSR count).